The number of carbonyl (C=O) groups excluding carboxylic acids is 4. The molecule has 4 atom stereocenters. The van der Waals surface area contributed by atoms with E-state index >= 15 is 9.59 Å². The number of anilines is 2. The molecule has 6 heterocycles. The molecule has 0 fully saturated rings. The Morgan fingerprint density at radius 3 is 1.29 bits per heavy atom. The zero-order valence-corrected chi connectivity index (χ0v) is 53.0. The second kappa shape index (κ2) is 26.7. The van der Waals surface area contributed by atoms with Crippen molar-refractivity contribution in [2.45, 2.75) is 128 Å². The van der Waals surface area contributed by atoms with Crippen LogP contribution in [0.5, 0.6) is 0 Å². The Kier molecular flexibility index (Phi) is 19.1. The summed E-state index contributed by atoms with van der Waals surface area (Å²) >= 11 is 13.2. The van der Waals surface area contributed by atoms with Gasteiger partial charge in [-0.1, -0.05) is 113 Å². The molecule has 10 rings (SSSR count). The Morgan fingerprint density at radius 1 is 0.556 bits per heavy atom. The number of amides is 4. The summed E-state index contributed by atoms with van der Waals surface area (Å²) in [7, 11) is 3.38. The quantitative estimate of drug-likeness (QED) is 0.0406. The van der Waals surface area contributed by atoms with Crippen LogP contribution in [-0.4, -0.2) is 94.1 Å². The van der Waals surface area contributed by atoms with Gasteiger partial charge >= 0.3 is 0 Å². The number of aromatic nitrogens is 4. The molecule has 0 bridgehead atoms. The molecule has 0 saturated carbocycles. The highest BCUT2D eigenvalue weighted by Crippen LogP contribution is 2.41. The van der Waals surface area contributed by atoms with Crippen LogP contribution in [0, 0.1) is 35.3 Å². The zero-order chi connectivity index (χ0) is 64.3. The molecular weight excluding hydrogens is 1190 g/mol. The number of carbonyl (C=O) groups is 4. The minimum atomic E-state index is -1.05. The summed E-state index contributed by atoms with van der Waals surface area (Å²) in [6.07, 6.45) is 5.37. The number of aromatic amines is 2. The van der Waals surface area contributed by atoms with Crippen LogP contribution >= 0.6 is 23.2 Å². The van der Waals surface area contributed by atoms with Gasteiger partial charge in [0.2, 0.25) is 23.6 Å². The molecule has 2 aliphatic heterocycles. The van der Waals surface area contributed by atoms with Crippen molar-refractivity contribution in [3.63, 3.8) is 0 Å². The van der Waals surface area contributed by atoms with Crippen molar-refractivity contribution in [3.05, 3.63) is 197 Å². The Labute approximate surface area is 531 Å². The number of benzene rings is 4. The van der Waals surface area contributed by atoms with E-state index in [1.807, 2.05) is 87.3 Å². The van der Waals surface area contributed by atoms with Crippen LogP contribution < -0.4 is 42.2 Å². The minimum absolute atomic E-state index is 0.0990. The SMILES string of the molecule is CC[C@H](NC)C(=O)N[C@@H](Cc1cn(CC#CC#CCn2cc(C[C@H](NC(=O)[C@H](CC)NC)C(=O)N3CC(C)(C)c4[nH]c(=O)c(Cc5ccc(F)cc5)cc43)c3ccc(Cl)cc32)c2cc(Cl)ccc12)C(=O)N1CC(C)(C)c2[nH]c(=O)c(Cc3ccc(F)cc3)cc21. The molecule has 466 valence electrons. The second-order valence-electron chi connectivity index (χ2n) is 24.5. The Hall–Kier alpha value is -8.78. The largest absolute Gasteiger partial charge is 0.343 e. The summed E-state index contributed by atoms with van der Waals surface area (Å²) in [6.45, 7) is 12.4. The lowest BCUT2D eigenvalue weighted by Crippen LogP contribution is -2.54. The van der Waals surface area contributed by atoms with Crippen LogP contribution in [-0.2, 0) is 68.8 Å². The average Bonchev–Trinajstić information content (AvgIpc) is 1.61. The highest BCUT2D eigenvalue weighted by atomic mass is 35.5. The number of pyridine rings is 2. The molecule has 8 aromatic rings. The van der Waals surface area contributed by atoms with Crippen LogP contribution in [0.1, 0.15) is 99.2 Å². The predicted octanol–water partition coefficient (Wildman–Crippen LogP) is 9.15. The summed E-state index contributed by atoms with van der Waals surface area (Å²) in [5.41, 5.74) is 5.64. The van der Waals surface area contributed by atoms with E-state index in [2.05, 4.69) is 54.9 Å². The lowest BCUT2D eigenvalue weighted by molar-refractivity contribution is -0.128. The highest BCUT2D eigenvalue weighted by Gasteiger charge is 2.44. The number of rotatable bonds is 20. The number of likely N-dealkylation sites (N-methyl/N-ethyl adjacent to an activating group) is 2. The molecular formula is C70H72Cl2F2N10O6. The maximum atomic E-state index is 15.2. The van der Waals surface area contributed by atoms with Gasteiger partial charge in [0.05, 0.1) is 47.6 Å². The number of nitrogens with zero attached hydrogens (tertiary/aromatic N) is 4. The average molecular weight is 1260 g/mol. The molecule has 6 N–H and O–H groups in total. The fourth-order valence-corrected chi connectivity index (χ4v) is 12.7. The Balaban J connectivity index is 0.906. The van der Waals surface area contributed by atoms with Crippen molar-refractivity contribution in [2.24, 2.45) is 0 Å². The maximum absolute atomic E-state index is 15.2. The predicted molar refractivity (Wildman–Crippen MR) is 350 cm³/mol. The van der Waals surface area contributed by atoms with Crippen LogP contribution in [0.2, 0.25) is 10.0 Å². The van der Waals surface area contributed by atoms with E-state index in [-0.39, 0.29) is 86.6 Å². The Bertz CT molecular complexity index is 4070. The van der Waals surface area contributed by atoms with E-state index in [1.165, 1.54) is 24.3 Å². The number of H-pyrrole nitrogens is 2. The molecule has 2 aliphatic rings. The zero-order valence-electron chi connectivity index (χ0n) is 51.5. The van der Waals surface area contributed by atoms with Crippen LogP contribution in [0.15, 0.2) is 119 Å². The Morgan fingerprint density at radius 2 is 0.933 bits per heavy atom. The van der Waals surface area contributed by atoms with Crippen molar-refractivity contribution >= 4 is 80.0 Å². The van der Waals surface area contributed by atoms with E-state index in [9.17, 15) is 28.0 Å². The molecule has 20 heteroatoms. The van der Waals surface area contributed by atoms with Crippen molar-refractivity contribution in [1.29, 1.82) is 0 Å². The molecule has 4 aromatic heterocycles. The molecule has 90 heavy (non-hydrogen) atoms. The van der Waals surface area contributed by atoms with Gasteiger partial charge in [0.15, 0.2) is 0 Å². The lowest BCUT2D eigenvalue weighted by atomic mass is 9.91. The van der Waals surface area contributed by atoms with Crippen LogP contribution in [0.3, 0.4) is 0 Å². The number of hydrogen-bond acceptors (Lipinski definition) is 8. The lowest BCUT2D eigenvalue weighted by Gasteiger charge is -2.27. The first-order chi connectivity index (χ1) is 43.0. The third kappa shape index (κ3) is 13.7. The second-order valence-corrected chi connectivity index (χ2v) is 25.4. The van der Waals surface area contributed by atoms with Gasteiger partial charge in [0.25, 0.3) is 11.1 Å². The van der Waals surface area contributed by atoms with Crippen molar-refractivity contribution in [3.8, 4) is 23.7 Å². The minimum Gasteiger partial charge on any atom is -0.343 e. The smallest absolute Gasteiger partial charge is 0.251 e. The normalized spacial score (nSPS) is 15.1. The maximum Gasteiger partial charge on any atom is 0.251 e. The van der Waals surface area contributed by atoms with Crippen molar-refractivity contribution in [1.82, 2.24) is 40.4 Å². The first-order valence-corrected chi connectivity index (χ1v) is 30.9. The summed E-state index contributed by atoms with van der Waals surface area (Å²) < 4.78 is 31.5. The van der Waals surface area contributed by atoms with Gasteiger partial charge in [0.1, 0.15) is 23.7 Å². The molecule has 0 saturated heterocycles. The van der Waals surface area contributed by atoms with Gasteiger partial charge in [-0.2, -0.15) is 0 Å². The van der Waals surface area contributed by atoms with Crippen LogP contribution in [0.4, 0.5) is 20.2 Å². The van der Waals surface area contributed by atoms with Gasteiger partial charge in [-0.15, -0.1) is 0 Å². The van der Waals surface area contributed by atoms with E-state index in [1.54, 1.807) is 72.4 Å². The molecule has 0 unspecified atom stereocenters. The highest BCUT2D eigenvalue weighted by molar-refractivity contribution is 6.31. The first-order valence-electron chi connectivity index (χ1n) is 30.1. The monoisotopic (exact) mass is 1260 g/mol. The molecule has 0 spiro atoms. The summed E-state index contributed by atoms with van der Waals surface area (Å²) in [5, 5.41) is 14.8. The molecule has 16 nitrogen and oxygen atoms in total. The fourth-order valence-electron chi connectivity index (χ4n) is 12.4. The third-order valence-electron chi connectivity index (χ3n) is 17.2. The number of nitrogens with one attached hydrogen (secondary N) is 6. The summed E-state index contributed by atoms with van der Waals surface area (Å²) in [6, 6.07) is 23.0. The van der Waals surface area contributed by atoms with Gasteiger partial charge in [-0.25, -0.2) is 8.78 Å². The molecule has 4 aromatic carbocycles. The summed E-state index contributed by atoms with van der Waals surface area (Å²) in [4.78, 5) is 94.6. The van der Waals surface area contributed by atoms with E-state index in [0.717, 1.165) is 44.1 Å². The topological polar surface area (TPSA) is 198 Å². The standard InChI is InChI=1S/C70H72Cl2F2N10O6/c1-9-53(75-7)65(87)77-55(67(89)83-39-69(3,4)61-59(83)33-43(63(85)79-61)29-41-15-21-49(73)22-16-41)31-45-37-81(57-35-47(71)19-25-51(45)57)27-13-11-12-14-28-82-38-46(52-26-20-48(72)36-58(52)82)32-56(78-66(88)54(10-2)76-8)68(90)84-40-70(5,6)62-60(84)34-44(64(86)80-62)30-42-17-23-50(74)24-18-42/h15-26,33-38,53-56,75-76H,9-10,27-32,39-40H2,1-8H3,(H,77,87)(H,78,88)(H,79,85)(H,80,86)/t53-,54-,55-,56-/m0/s1. The molecule has 0 aliphatic carbocycles. The van der Waals surface area contributed by atoms with Gasteiger partial charge in [0, 0.05) is 105 Å². The first kappa shape index (κ1) is 64.2. The van der Waals surface area contributed by atoms with E-state index in [4.69, 9.17) is 23.2 Å². The molecule has 0 radical (unpaired) electrons. The number of halogens is 4. The number of fused-ring (bicyclic) bond motifs is 4. The fraction of sp³-hybridized carbons (Fsp3) is 0.343. The van der Waals surface area contributed by atoms with Crippen molar-refractivity contribution in [2.75, 3.05) is 37.0 Å². The van der Waals surface area contributed by atoms with E-state index in [0.29, 0.717) is 56.8 Å². The summed E-state index contributed by atoms with van der Waals surface area (Å²) in [5.74, 6) is 10.1. The third-order valence-corrected chi connectivity index (χ3v) is 17.7. The van der Waals surface area contributed by atoms with E-state index < -0.39 is 46.6 Å². The van der Waals surface area contributed by atoms with Crippen LogP contribution in [0.25, 0.3) is 21.8 Å². The molecule has 4 amide bonds. The van der Waals surface area contributed by atoms with Gasteiger partial charge < -0.3 is 50.2 Å². The van der Waals surface area contributed by atoms with Gasteiger partial charge in [-0.3, -0.25) is 28.8 Å². The van der Waals surface area contributed by atoms with Crippen molar-refractivity contribution < 1.29 is 28.0 Å². The number of hydrogen-bond donors (Lipinski definition) is 6. The van der Waals surface area contributed by atoms with Gasteiger partial charge in [-0.05, 0) is 122 Å².